The predicted octanol–water partition coefficient (Wildman–Crippen LogP) is 3.05. The van der Waals surface area contributed by atoms with E-state index in [2.05, 4.69) is 30.5 Å². The summed E-state index contributed by atoms with van der Waals surface area (Å²) in [5.74, 6) is 1.19. The number of imidazole rings is 1. The number of aryl methyl sites for hydroxylation is 1. The van der Waals surface area contributed by atoms with Gasteiger partial charge in [-0.15, -0.1) is 5.10 Å². The second-order valence-electron chi connectivity index (χ2n) is 8.07. The van der Waals surface area contributed by atoms with Crippen molar-refractivity contribution in [3.8, 4) is 28.1 Å². The SMILES string of the molecule is Nc1ccc(-c2cnc([C@@H]3CCc4cc(-c5cc(Cl)ccc5-n5cnnn5)cc(=O)n43)[nH]2)cn1. The van der Waals surface area contributed by atoms with Crippen LogP contribution in [-0.4, -0.2) is 39.7 Å². The number of aromatic nitrogens is 8. The molecule has 0 amide bonds. The minimum atomic E-state index is -0.176. The first-order valence-corrected chi connectivity index (χ1v) is 11.0. The Morgan fingerprint density at radius 2 is 1.97 bits per heavy atom. The molecule has 0 fully saturated rings. The van der Waals surface area contributed by atoms with Crippen molar-refractivity contribution in [2.75, 3.05) is 5.73 Å². The lowest BCUT2D eigenvalue weighted by Crippen LogP contribution is -2.23. The molecule has 1 atom stereocenters. The number of nitrogens with one attached hydrogen (secondary N) is 1. The Bertz CT molecular complexity index is 1550. The van der Waals surface area contributed by atoms with Crippen LogP contribution < -0.4 is 11.3 Å². The lowest BCUT2D eigenvalue weighted by atomic mass is 10.0. The standard InChI is InChI=1S/C23H18ClN9O/c24-15-2-4-19(32-12-28-30-31-32)17(9-15)14-7-16-3-5-20(33(16)22(34)8-14)23-27-11-18(29-23)13-1-6-21(25)26-10-13/h1-2,4,6-12,20H,3,5H2,(H2,25,26)(H,27,29)/t20-/m0/s1. The van der Waals surface area contributed by atoms with Crippen molar-refractivity contribution >= 4 is 17.4 Å². The monoisotopic (exact) mass is 471 g/mol. The lowest BCUT2D eigenvalue weighted by molar-refractivity contribution is 0.572. The number of hydrogen-bond acceptors (Lipinski definition) is 7. The Morgan fingerprint density at radius 1 is 1.06 bits per heavy atom. The van der Waals surface area contributed by atoms with Gasteiger partial charge in [-0.3, -0.25) is 4.79 Å². The summed E-state index contributed by atoms with van der Waals surface area (Å²) in [6, 6.07) is 12.5. The number of benzene rings is 1. The van der Waals surface area contributed by atoms with Gasteiger partial charge in [0.05, 0.1) is 23.6 Å². The third-order valence-electron chi connectivity index (χ3n) is 6.01. The van der Waals surface area contributed by atoms with Gasteiger partial charge in [-0.1, -0.05) is 11.6 Å². The van der Waals surface area contributed by atoms with Crippen molar-refractivity contribution in [2.24, 2.45) is 0 Å². The molecule has 34 heavy (non-hydrogen) atoms. The smallest absolute Gasteiger partial charge is 0.252 e. The first kappa shape index (κ1) is 20.3. The van der Waals surface area contributed by atoms with Gasteiger partial charge in [0.25, 0.3) is 5.56 Å². The summed E-state index contributed by atoms with van der Waals surface area (Å²) in [7, 11) is 0. The van der Waals surface area contributed by atoms with Crippen LogP contribution in [0.5, 0.6) is 0 Å². The molecule has 0 aliphatic carbocycles. The maximum atomic E-state index is 13.3. The van der Waals surface area contributed by atoms with Crippen molar-refractivity contribution in [1.82, 2.24) is 39.7 Å². The second kappa shape index (κ2) is 7.92. The zero-order valence-electron chi connectivity index (χ0n) is 17.8. The molecule has 0 saturated heterocycles. The molecule has 11 heteroatoms. The summed E-state index contributed by atoms with van der Waals surface area (Å²) in [6.07, 6.45) is 6.47. The molecule has 0 spiro atoms. The van der Waals surface area contributed by atoms with Gasteiger partial charge in [-0.25, -0.2) is 9.97 Å². The molecule has 1 aliphatic rings. The Balaban J connectivity index is 1.39. The van der Waals surface area contributed by atoms with E-state index in [4.69, 9.17) is 17.3 Å². The number of rotatable bonds is 4. The zero-order valence-corrected chi connectivity index (χ0v) is 18.5. The highest BCUT2D eigenvalue weighted by atomic mass is 35.5. The Kier molecular flexibility index (Phi) is 4.73. The summed E-state index contributed by atoms with van der Waals surface area (Å²) >= 11 is 6.28. The van der Waals surface area contributed by atoms with Crippen LogP contribution in [0.15, 0.2) is 66.0 Å². The van der Waals surface area contributed by atoms with E-state index in [0.29, 0.717) is 10.8 Å². The van der Waals surface area contributed by atoms with E-state index in [1.165, 1.54) is 6.33 Å². The van der Waals surface area contributed by atoms with E-state index in [9.17, 15) is 4.79 Å². The van der Waals surface area contributed by atoms with Gasteiger partial charge < -0.3 is 15.3 Å². The average Bonchev–Trinajstić information content (AvgIpc) is 3.60. The van der Waals surface area contributed by atoms with Gasteiger partial charge in [0, 0.05) is 34.1 Å². The fraction of sp³-hybridized carbons (Fsp3) is 0.130. The van der Waals surface area contributed by atoms with E-state index >= 15 is 0 Å². The maximum absolute atomic E-state index is 13.3. The average molecular weight is 472 g/mol. The number of nitrogens with two attached hydrogens (primary N) is 1. The van der Waals surface area contributed by atoms with Gasteiger partial charge in [0.2, 0.25) is 0 Å². The van der Waals surface area contributed by atoms with Gasteiger partial charge >= 0.3 is 0 Å². The van der Waals surface area contributed by atoms with Crippen LogP contribution in [0.4, 0.5) is 5.82 Å². The Labute approximate surface area is 198 Å². The highest BCUT2D eigenvalue weighted by molar-refractivity contribution is 6.31. The van der Waals surface area contributed by atoms with E-state index in [1.54, 1.807) is 39.8 Å². The van der Waals surface area contributed by atoms with E-state index in [1.807, 2.05) is 24.3 Å². The highest BCUT2D eigenvalue weighted by Crippen LogP contribution is 2.34. The van der Waals surface area contributed by atoms with Crippen molar-refractivity contribution in [3.05, 3.63) is 88.1 Å². The zero-order chi connectivity index (χ0) is 23.2. The normalized spacial score (nSPS) is 14.9. The van der Waals surface area contributed by atoms with Crippen molar-refractivity contribution in [3.63, 3.8) is 0 Å². The van der Waals surface area contributed by atoms with Crippen LogP contribution >= 0.6 is 11.6 Å². The van der Waals surface area contributed by atoms with E-state index < -0.39 is 0 Å². The molecule has 0 bridgehead atoms. The summed E-state index contributed by atoms with van der Waals surface area (Å²) in [4.78, 5) is 25.3. The molecule has 6 rings (SSSR count). The first-order valence-electron chi connectivity index (χ1n) is 10.6. The second-order valence-corrected chi connectivity index (χ2v) is 8.50. The molecule has 5 aromatic rings. The quantitative estimate of drug-likeness (QED) is 0.411. The number of aromatic amines is 1. The number of tetrazole rings is 1. The minimum absolute atomic E-state index is 0.107. The molecule has 168 valence electrons. The first-order chi connectivity index (χ1) is 16.6. The minimum Gasteiger partial charge on any atom is -0.384 e. The number of halogens is 1. The number of nitrogens with zero attached hydrogens (tertiary/aromatic N) is 7. The van der Waals surface area contributed by atoms with Gasteiger partial charge in [-0.05, 0) is 65.2 Å². The fourth-order valence-corrected chi connectivity index (χ4v) is 4.61. The number of anilines is 1. The van der Waals surface area contributed by atoms with Crippen LogP contribution in [0, 0.1) is 0 Å². The van der Waals surface area contributed by atoms with Gasteiger partial charge in [0.15, 0.2) is 0 Å². The van der Waals surface area contributed by atoms with Crippen LogP contribution in [0.3, 0.4) is 0 Å². The Hall–Kier alpha value is -4.31. The molecule has 0 unspecified atom stereocenters. The molecular weight excluding hydrogens is 454 g/mol. The number of hydrogen-bond donors (Lipinski definition) is 2. The van der Waals surface area contributed by atoms with Crippen LogP contribution in [-0.2, 0) is 6.42 Å². The van der Waals surface area contributed by atoms with Crippen LogP contribution in [0.2, 0.25) is 5.02 Å². The third-order valence-corrected chi connectivity index (χ3v) is 6.24. The molecule has 0 radical (unpaired) electrons. The van der Waals surface area contributed by atoms with Crippen LogP contribution in [0.25, 0.3) is 28.1 Å². The number of pyridine rings is 2. The summed E-state index contributed by atoms with van der Waals surface area (Å²) in [5, 5.41) is 12.0. The van der Waals surface area contributed by atoms with Gasteiger partial charge in [0.1, 0.15) is 18.0 Å². The topological polar surface area (TPSA) is 133 Å². The molecule has 10 nitrogen and oxygen atoms in total. The van der Waals surface area contributed by atoms with Crippen LogP contribution in [0.1, 0.15) is 24.0 Å². The summed E-state index contributed by atoms with van der Waals surface area (Å²) in [6.45, 7) is 0. The highest BCUT2D eigenvalue weighted by Gasteiger charge is 2.28. The van der Waals surface area contributed by atoms with Crippen molar-refractivity contribution in [1.29, 1.82) is 0 Å². The predicted molar refractivity (Wildman–Crippen MR) is 127 cm³/mol. The fourth-order valence-electron chi connectivity index (χ4n) is 4.44. The number of H-pyrrole nitrogens is 1. The van der Waals surface area contributed by atoms with Crippen molar-refractivity contribution < 1.29 is 0 Å². The van der Waals surface area contributed by atoms with E-state index in [-0.39, 0.29) is 11.6 Å². The largest absolute Gasteiger partial charge is 0.384 e. The van der Waals surface area contributed by atoms with Gasteiger partial charge in [-0.2, -0.15) is 4.68 Å². The molecule has 3 N–H and O–H groups in total. The third kappa shape index (κ3) is 3.44. The lowest BCUT2D eigenvalue weighted by Gasteiger charge is -2.15. The summed E-state index contributed by atoms with van der Waals surface area (Å²) in [5.41, 5.74) is 10.5. The van der Waals surface area contributed by atoms with Crippen molar-refractivity contribution in [2.45, 2.75) is 18.9 Å². The summed E-state index contributed by atoms with van der Waals surface area (Å²) < 4.78 is 3.35. The molecule has 5 heterocycles. The number of nitrogen functional groups attached to an aromatic ring is 1. The molecule has 1 aliphatic heterocycles. The molecule has 0 saturated carbocycles. The molecule has 4 aromatic heterocycles. The maximum Gasteiger partial charge on any atom is 0.252 e. The van der Waals surface area contributed by atoms with E-state index in [0.717, 1.165) is 52.4 Å². The Morgan fingerprint density at radius 3 is 2.76 bits per heavy atom. The molecule has 1 aromatic carbocycles. The number of fused-ring (bicyclic) bond motifs is 1. The molecular formula is C23H18ClN9O.